The van der Waals surface area contributed by atoms with Crippen LogP contribution in [0.15, 0.2) is 0 Å². The van der Waals surface area contributed by atoms with E-state index in [9.17, 15) is 4.57 Å². The van der Waals surface area contributed by atoms with Crippen molar-refractivity contribution in [1.29, 1.82) is 0 Å². The van der Waals surface area contributed by atoms with Crippen molar-refractivity contribution in [1.82, 2.24) is 0 Å². The smallest absolute Gasteiger partial charge is 0.346 e. The van der Waals surface area contributed by atoms with Crippen LogP contribution in [0, 0.1) is 23.7 Å². The fourth-order valence-electron chi connectivity index (χ4n) is 5.77. The third-order valence-electron chi connectivity index (χ3n) is 7.39. The molecule has 0 radical (unpaired) electrons. The maximum absolute atomic E-state index is 12.1. The van der Waals surface area contributed by atoms with Gasteiger partial charge in [-0.25, -0.2) is 14.3 Å². The van der Waals surface area contributed by atoms with Crippen molar-refractivity contribution < 1.29 is 37.4 Å². The van der Waals surface area contributed by atoms with Crippen molar-refractivity contribution in [3.63, 3.8) is 0 Å². The first-order valence-electron chi connectivity index (χ1n) is 10.3. The SMILES string of the molecule is COP(=O)(OC)OCC[C@H]1O[C@@H]2O[C@]3(C)CC[C@H]4[C@H](C)CC[C@@H]([C@H]1C)[C@@]24OO3. The highest BCUT2D eigenvalue weighted by molar-refractivity contribution is 7.48. The second-order valence-electron chi connectivity index (χ2n) is 8.88. The van der Waals surface area contributed by atoms with E-state index >= 15 is 0 Å². The van der Waals surface area contributed by atoms with Crippen LogP contribution in [0.4, 0.5) is 0 Å². The van der Waals surface area contributed by atoms with Crippen LogP contribution in [0.25, 0.3) is 0 Å². The first-order valence-corrected chi connectivity index (χ1v) is 11.8. The van der Waals surface area contributed by atoms with Gasteiger partial charge in [-0.3, -0.25) is 13.6 Å². The third kappa shape index (κ3) is 3.30. The van der Waals surface area contributed by atoms with E-state index in [0.717, 1.165) is 19.3 Å². The highest BCUT2D eigenvalue weighted by atomic mass is 31.2. The van der Waals surface area contributed by atoms with Gasteiger partial charge in [-0.15, -0.1) is 0 Å². The fourth-order valence-corrected chi connectivity index (χ4v) is 6.46. The van der Waals surface area contributed by atoms with E-state index in [1.165, 1.54) is 20.6 Å². The molecule has 2 bridgehead atoms. The van der Waals surface area contributed by atoms with Gasteiger partial charge < -0.3 is 9.47 Å². The average Bonchev–Trinajstić information content (AvgIpc) is 2.91. The first-order chi connectivity index (χ1) is 13.3. The van der Waals surface area contributed by atoms with Gasteiger partial charge in [-0.2, -0.15) is 0 Å². The Labute approximate surface area is 167 Å². The standard InChI is InChI=1S/C19H33O8P/c1-12-6-7-15-13(2)16(9-11-23-28(20,21-4)22-5)24-17-19(15)14(12)8-10-18(3,25-17)26-27-19/h12-17H,6-11H2,1-5H3/t12-,13-,14+,15+,16-,17-,18+,19-/m1/s1. The van der Waals surface area contributed by atoms with Gasteiger partial charge in [0, 0.05) is 26.6 Å². The summed E-state index contributed by atoms with van der Waals surface area (Å²) in [4.78, 5) is 12.0. The lowest BCUT2D eigenvalue weighted by atomic mass is 9.57. The van der Waals surface area contributed by atoms with Crippen molar-refractivity contribution >= 4 is 7.82 Å². The Morgan fingerprint density at radius 3 is 2.54 bits per heavy atom. The highest BCUT2D eigenvalue weighted by Crippen LogP contribution is 2.60. The quantitative estimate of drug-likeness (QED) is 0.470. The number of phosphoric ester groups is 1. The average molecular weight is 420 g/mol. The summed E-state index contributed by atoms with van der Waals surface area (Å²) in [6.45, 7) is 6.63. The van der Waals surface area contributed by atoms with Crippen LogP contribution in [-0.4, -0.2) is 44.6 Å². The van der Waals surface area contributed by atoms with Crippen LogP contribution in [-0.2, 0) is 37.4 Å². The zero-order valence-corrected chi connectivity index (χ0v) is 18.3. The zero-order chi connectivity index (χ0) is 20.2. The van der Waals surface area contributed by atoms with E-state index < -0.39 is 25.5 Å². The predicted molar refractivity (Wildman–Crippen MR) is 99.0 cm³/mol. The number of ether oxygens (including phenoxy) is 2. The Bertz CT molecular complexity index is 623. The van der Waals surface area contributed by atoms with Crippen LogP contribution >= 0.6 is 7.82 Å². The summed E-state index contributed by atoms with van der Waals surface area (Å²) in [5, 5.41) is 0. The lowest BCUT2D eigenvalue weighted by Gasteiger charge is -2.60. The van der Waals surface area contributed by atoms with Crippen molar-refractivity contribution in [2.24, 2.45) is 23.7 Å². The summed E-state index contributed by atoms with van der Waals surface area (Å²) in [6, 6.07) is 0. The second-order valence-corrected chi connectivity index (χ2v) is 10.8. The van der Waals surface area contributed by atoms with Gasteiger partial charge in [0.05, 0.1) is 12.7 Å². The minimum Gasteiger partial charge on any atom is -0.346 e. The molecular formula is C19H33O8P. The van der Waals surface area contributed by atoms with Crippen LogP contribution < -0.4 is 0 Å². The second kappa shape index (κ2) is 7.57. The van der Waals surface area contributed by atoms with Gasteiger partial charge in [-0.05, 0) is 50.4 Å². The normalized spacial score (nSPS) is 48.2. The molecule has 0 N–H and O–H groups in total. The van der Waals surface area contributed by atoms with E-state index in [4.69, 9.17) is 32.8 Å². The molecule has 28 heavy (non-hydrogen) atoms. The molecule has 4 aliphatic heterocycles. The molecule has 8 atom stereocenters. The Morgan fingerprint density at radius 1 is 1.07 bits per heavy atom. The predicted octanol–water partition coefficient (Wildman–Crippen LogP) is 4.04. The molecule has 8 nitrogen and oxygen atoms in total. The Kier molecular flexibility index (Phi) is 5.73. The number of hydrogen-bond donors (Lipinski definition) is 0. The topological polar surface area (TPSA) is 81.7 Å². The molecule has 162 valence electrons. The summed E-state index contributed by atoms with van der Waals surface area (Å²) in [7, 11) is -0.867. The van der Waals surface area contributed by atoms with E-state index in [-0.39, 0.29) is 24.5 Å². The summed E-state index contributed by atoms with van der Waals surface area (Å²) in [5.74, 6) is 0.616. The summed E-state index contributed by atoms with van der Waals surface area (Å²) < 4.78 is 40.0. The lowest BCUT2D eigenvalue weighted by molar-refractivity contribution is -0.571. The van der Waals surface area contributed by atoms with Crippen LogP contribution in [0.5, 0.6) is 0 Å². The van der Waals surface area contributed by atoms with Gasteiger partial charge in [0.25, 0.3) is 0 Å². The molecule has 0 aromatic rings. The molecular weight excluding hydrogens is 387 g/mol. The number of phosphoric acid groups is 1. The fraction of sp³-hybridized carbons (Fsp3) is 1.00. The maximum Gasteiger partial charge on any atom is 0.474 e. The minimum atomic E-state index is -3.49. The first kappa shape index (κ1) is 21.2. The zero-order valence-electron chi connectivity index (χ0n) is 17.4. The highest BCUT2D eigenvalue weighted by Gasteiger charge is 2.69. The Hall–Kier alpha value is -0.0500. The molecule has 1 aliphatic carbocycles. The van der Waals surface area contributed by atoms with Gasteiger partial charge in [0.1, 0.15) is 0 Å². The van der Waals surface area contributed by atoms with Crippen molar-refractivity contribution in [3.8, 4) is 0 Å². The maximum atomic E-state index is 12.1. The molecule has 0 aromatic heterocycles. The third-order valence-corrected chi connectivity index (χ3v) is 8.79. The van der Waals surface area contributed by atoms with Crippen molar-refractivity contribution in [3.05, 3.63) is 0 Å². The van der Waals surface area contributed by atoms with Gasteiger partial charge in [0.2, 0.25) is 5.79 Å². The van der Waals surface area contributed by atoms with E-state index in [2.05, 4.69) is 13.8 Å². The molecule has 1 saturated carbocycles. The monoisotopic (exact) mass is 420 g/mol. The molecule has 0 aromatic carbocycles. The van der Waals surface area contributed by atoms with E-state index in [1.54, 1.807) is 0 Å². The molecule has 5 aliphatic rings. The molecule has 5 rings (SSSR count). The van der Waals surface area contributed by atoms with Crippen LogP contribution in [0.3, 0.4) is 0 Å². The summed E-state index contributed by atoms with van der Waals surface area (Å²) in [6.07, 6.45) is 4.03. The summed E-state index contributed by atoms with van der Waals surface area (Å²) in [5.41, 5.74) is -0.557. The molecule has 9 heteroatoms. The molecule has 5 fully saturated rings. The number of hydrogen-bond acceptors (Lipinski definition) is 8. The van der Waals surface area contributed by atoms with Crippen molar-refractivity contribution in [2.45, 2.75) is 76.7 Å². The molecule has 0 unspecified atom stereocenters. The number of rotatable bonds is 6. The molecule has 1 spiro atoms. The van der Waals surface area contributed by atoms with Gasteiger partial charge in [-0.1, -0.05) is 13.8 Å². The van der Waals surface area contributed by atoms with E-state index in [1.807, 2.05) is 6.92 Å². The summed E-state index contributed by atoms with van der Waals surface area (Å²) >= 11 is 0. The Morgan fingerprint density at radius 2 is 1.82 bits per heavy atom. The number of fused-ring (bicyclic) bond motifs is 2. The van der Waals surface area contributed by atoms with E-state index in [0.29, 0.717) is 18.3 Å². The van der Waals surface area contributed by atoms with Crippen LogP contribution in [0.1, 0.15) is 52.9 Å². The largest absolute Gasteiger partial charge is 0.474 e. The molecule has 4 saturated heterocycles. The Balaban J connectivity index is 1.54. The lowest BCUT2D eigenvalue weighted by Crippen LogP contribution is -2.70. The minimum absolute atomic E-state index is 0.0941. The molecule has 0 amide bonds. The van der Waals surface area contributed by atoms with Gasteiger partial charge in [0.15, 0.2) is 11.9 Å². The van der Waals surface area contributed by atoms with Crippen LogP contribution in [0.2, 0.25) is 0 Å². The van der Waals surface area contributed by atoms with Gasteiger partial charge >= 0.3 is 7.82 Å². The molecule has 4 heterocycles. The van der Waals surface area contributed by atoms with Crippen molar-refractivity contribution in [2.75, 3.05) is 20.8 Å².